The van der Waals surface area contributed by atoms with Crippen LogP contribution in [0.1, 0.15) is 10.5 Å². The summed E-state index contributed by atoms with van der Waals surface area (Å²) in [5.74, 6) is -0.902. The highest BCUT2D eigenvalue weighted by Crippen LogP contribution is 2.20. The van der Waals surface area contributed by atoms with Gasteiger partial charge in [0, 0.05) is 6.20 Å². The van der Waals surface area contributed by atoms with E-state index in [9.17, 15) is 4.79 Å². The largest absolute Gasteiger partial charge is 0.476 e. The Morgan fingerprint density at radius 1 is 1.57 bits per heavy atom. The molecule has 0 amide bonds. The monoisotopic (exact) mass is 188 g/mol. The van der Waals surface area contributed by atoms with Gasteiger partial charge in [0.15, 0.2) is 11.5 Å². The normalized spacial score (nSPS) is 10.0. The Kier molecular flexibility index (Phi) is 1.98. The Bertz CT molecular complexity index is 451. The lowest BCUT2D eigenvalue weighted by Gasteiger charge is -1.98. The molecule has 0 spiro atoms. The summed E-state index contributed by atoms with van der Waals surface area (Å²) >= 11 is 0. The van der Waals surface area contributed by atoms with E-state index in [0.717, 1.165) is 0 Å². The van der Waals surface area contributed by atoms with E-state index in [4.69, 9.17) is 9.63 Å². The van der Waals surface area contributed by atoms with Gasteiger partial charge in [-0.2, -0.15) is 0 Å². The van der Waals surface area contributed by atoms with Gasteiger partial charge in [0.2, 0.25) is 0 Å². The van der Waals surface area contributed by atoms with Gasteiger partial charge < -0.3 is 9.63 Å². The van der Waals surface area contributed by atoms with E-state index in [1.54, 1.807) is 12.1 Å². The Hall–Kier alpha value is -2.17. The van der Waals surface area contributed by atoms with Crippen molar-refractivity contribution in [2.24, 2.45) is 0 Å². The first-order valence-corrected chi connectivity index (χ1v) is 3.73. The lowest BCUT2D eigenvalue weighted by atomic mass is 10.1. The van der Waals surface area contributed by atoms with Crippen LogP contribution in [0.4, 0.5) is 0 Å². The number of carbonyl (C=O) groups is 1. The summed E-state index contributed by atoms with van der Waals surface area (Å²) in [4.78, 5) is 14.5. The lowest BCUT2D eigenvalue weighted by Crippen LogP contribution is -2.01. The van der Waals surface area contributed by atoms with Gasteiger partial charge in [0.1, 0.15) is 6.20 Å². The minimum Gasteiger partial charge on any atom is -0.476 e. The summed E-state index contributed by atoms with van der Waals surface area (Å²) in [5.41, 5.74) is 0.252. The quantitative estimate of drug-likeness (QED) is 0.761. The minimum absolute atomic E-state index is 0.0890. The van der Waals surface area contributed by atoms with E-state index in [0.29, 0.717) is 5.56 Å². The molecule has 5 heteroatoms. The number of pyridine rings is 1. The first-order chi connectivity index (χ1) is 6.79. The van der Waals surface area contributed by atoms with Crippen molar-refractivity contribution in [2.75, 3.05) is 0 Å². The van der Waals surface area contributed by atoms with Crippen molar-refractivity contribution in [1.82, 2.24) is 10.1 Å². The lowest BCUT2D eigenvalue weighted by molar-refractivity contribution is 0.0691. The molecule has 0 aliphatic heterocycles. The number of hydrogen-bond acceptors (Lipinski definition) is 4. The first-order valence-electron chi connectivity index (χ1n) is 3.73. The SMILES string of the molecule is O=C(O)c1ncccc1-c1[c][c]no1. The molecule has 0 fully saturated rings. The van der Waals surface area contributed by atoms with E-state index in [1.165, 1.54) is 6.20 Å². The molecule has 2 rings (SSSR count). The van der Waals surface area contributed by atoms with Gasteiger partial charge in [-0.15, -0.1) is 0 Å². The third-order valence-corrected chi connectivity index (χ3v) is 1.61. The number of aromatic carboxylic acids is 1. The number of carboxylic acid groups (broad SMARTS) is 1. The van der Waals surface area contributed by atoms with Crippen molar-refractivity contribution in [2.45, 2.75) is 0 Å². The van der Waals surface area contributed by atoms with Crippen LogP contribution < -0.4 is 0 Å². The van der Waals surface area contributed by atoms with E-state index in [-0.39, 0.29) is 11.5 Å². The summed E-state index contributed by atoms with van der Waals surface area (Å²) < 4.78 is 4.75. The Morgan fingerprint density at radius 3 is 3.07 bits per heavy atom. The van der Waals surface area contributed by atoms with E-state index in [2.05, 4.69) is 22.4 Å². The van der Waals surface area contributed by atoms with Gasteiger partial charge in [0.05, 0.1) is 11.6 Å². The van der Waals surface area contributed by atoms with Crippen LogP contribution in [0.2, 0.25) is 0 Å². The summed E-state index contributed by atoms with van der Waals surface area (Å²) in [6, 6.07) is 5.72. The molecule has 2 heterocycles. The highest BCUT2D eigenvalue weighted by Gasteiger charge is 2.15. The molecule has 0 bridgehead atoms. The maximum atomic E-state index is 10.8. The Balaban J connectivity index is 2.58. The fourth-order valence-electron chi connectivity index (χ4n) is 1.04. The minimum atomic E-state index is -1.12. The molecule has 0 atom stereocenters. The summed E-state index contributed by atoms with van der Waals surface area (Å²) in [7, 11) is 0. The Morgan fingerprint density at radius 2 is 2.43 bits per heavy atom. The molecule has 0 unspecified atom stereocenters. The van der Waals surface area contributed by atoms with E-state index >= 15 is 0 Å². The zero-order valence-electron chi connectivity index (χ0n) is 6.89. The van der Waals surface area contributed by atoms with Gasteiger partial charge in [0.25, 0.3) is 0 Å². The molecule has 68 valence electrons. The van der Waals surface area contributed by atoms with Gasteiger partial charge in [-0.05, 0) is 12.1 Å². The predicted octanol–water partition coefficient (Wildman–Crippen LogP) is 1.04. The molecule has 0 aliphatic rings. The van der Waals surface area contributed by atoms with Crippen molar-refractivity contribution >= 4 is 5.97 Å². The van der Waals surface area contributed by atoms with Gasteiger partial charge in [-0.25, -0.2) is 9.78 Å². The second kappa shape index (κ2) is 3.29. The Labute approximate surface area is 79.0 Å². The van der Waals surface area contributed by atoms with E-state index < -0.39 is 5.97 Å². The first kappa shape index (κ1) is 8.43. The van der Waals surface area contributed by atoms with Crippen LogP contribution >= 0.6 is 0 Å². The van der Waals surface area contributed by atoms with Crippen LogP contribution in [0.25, 0.3) is 11.3 Å². The van der Waals surface area contributed by atoms with Gasteiger partial charge in [-0.3, -0.25) is 0 Å². The van der Waals surface area contributed by atoms with Crippen molar-refractivity contribution in [3.63, 3.8) is 0 Å². The molecular weight excluding hydrogens is 184 g/mol. The number of rotatable bonds is 2. The molecule has 2 aromatic rings. The second-order valence-electron chi connectivity index (χ2n) is 2.45. The molecule has 2 radical (unpaired) electrons. The smallest absolute Gasteiger partial charge is 0.355 e. The highest BCUT2D eigenvalue weighted by molar-refractivity contribution is 5.92. The summed E-state index contributed by atoms with van der Waals surface area (Å²) in [6.07, 6.45) is 3.73. The molecule has 5 nitrogen and oxygen atoms in total. The third kappa shape index (κ3) is 1.35. The van der Waals surface area contributed by atoms with Crippen LogP contribution in [0, 0.1) is 12.3 Å². The summed E-state index contributed by atoms with van der Waals surface area (Å²) in [6.45, 7) is 0. The number of aromatic nitrogens is 2. The molecule has 0 aromatic carbocycles. The zero-order valence-corrected chi connectivity index (χ0v) is 6.89. The number of hydrogen-bond donors (Lipinski definition) is 1. The maximum Gasteiger partial charge on any atom is 0.355 e. The second-order valence-corrected chi connectivity index (χ2v) is 2.45. The number of carboxylic acids is 1. The third-order valence-electron chi connectivity index (χ3n) is 1.61. The molecule has 2 aromatic heterocycles. The standard InChI is InChI=1S/C9H4N2O3/c12-9(13)8-6(2-1-4-10-8)7-3-5-11-14-7/h1-2,4H,(H,12,13). The van der Waals surface area contributed by atoms with Crippen LogP contribution in [0.3, 0.4) is 0 Å². The van der Waals surface area contributed by atoms with Crippen molar-refractivity contribution in [1.29, 1.82) is 0 Å². The van der Waals surface area contributed by atoms with Gasteiger partial charge >= 0.3 is 5.97 Å². The molecular formula is C9H4N2O3. The molecule has 0 aliphatic carbocycles. The van der Waals surface area contributed by atoms with Crippen molar-refractivity contribution in [3.8, 4) is 11.3 Å². The molecule has 14 heavy (non-hydrogen) atoms. The van der Waals surface area contributed by atoms with E-state index in [1.807, 2.05) is 0 Å². The van der Waals surface area contributed by atoms with Crippen LogP contribution in [0.5, 0.6) is 0 Å². The average molecular weight is 188 g/mol. The molecule has 0 saturated heterocycles. The highest BCUT2D eigenvalue weighted by atomic mass is 16.5. The van der Waals surface area contributed by atoms with Crippen molar-refractivity contribution in [3.05, 3.63) is 36.3 Å². The predicted molar refractivity (Wildman–Crippen MR) is 44.4 cm³/mol. The topological polar surface area (TPSA) is 76.2 Å². The van der Waals surface area contributed by atoms with Gasteiger partial charge in [-0.1, -0.05) is 5.16 Å². The fraction of sp³-hybridized carbons (Fsp3) is 0. The number of nitrogens with zero attached hydrogens (tertiary/aromatic N) is 2. The van der Waals surface area contributed by atoms with Crippen LogP contribution in [-0.4, -0.2) is 21.2 Å². The molecule has 0 saturated carbocycles. The maximum absolute atomic E-state index is 10.8. The van der Waals surface area contributed by atoms with Crippen LogP contribution in [0.15, 0.2) is 22.9 Å². The average Bonchev–Trinajstić information content (AvgIpc) is 2.70. The summed E-state index contributed by atoms with van der Waals surface area (Å²) in [5, 5.41) is 12.1. The zero-order chi connectivity index (χ0) is 9.97. The van der Waals surface area contributed by atoms with Crippen molar-refractivity contribution < 1.29 is 14.4 Å². The van der Waals surface area contributed by atoms with Crippen LogP contribution in [-0.2, 0) is 0 Å². The molecule has 1 N–H and O–H groups in total. The fourth-order valence-corrected chi connectivity index (χ4v) is 1.04.